The van der Waals surface area contributed by atoms with Crippen molar-refractivity contribution in [1.29, 1.82) is 0 Å². The highest BCUT2D eigenvalue weighted by molar-refractivity contribution is 9.10. The molecule has 1 atom stereocenters. The summed E-state index contributed by atoms with van der Waals surface area (Å²) in [5.41, 5.74) is 5.53. The van der Waals surface area contributed by atoms with Crippen LogP contribution in [0.2, 0.25) is 0 Å². The average molecular weight is 230 g/mol. The van der Waals surface area contributed by atoms with E-state index in [1.807, 2.05) is 13.8 Å². The fourth-order valence-electron chi connectivity index (χ4n) is 0.765. The molecule has 1 heterocycles. The molecule has 0 aliphatic heterocycles. The molecule has 4 heteroatoms. The summed E-state index contributed by atoms with van der Waals surface area (Å²) in [4.78, 5) is 8.28. The second kappa shape index (κ2) is 3.49. The molecule has 1 aromatic rings. The lowest BCUT2D eigenvalue weighted by atomic mass is 10.00. The van der Waals surface area contributed by atoms with Gasteiger partial charge in [-0.15, -0.1) is 0 Å². The molecule has 0 aromatic carbocycles. The number of rotatable bonds is 2. The van der Waals surface area contributed by atoms with E-state index in [2.05, 4.69) is 25.9 Å². The molecule has 1 unspecified atom stereocenters. The predicted octanol–water partition coefficient (Wildman–Crippen LogP) is 1.82. The Morgan fingerprint density at radius 3 is 2.42 bits per heavy atom. The third-order valence-electron chi connectivity index (χ3n) is 1.87. The third kappa shape index (κ3) is 2.01. The first-order valence-electron chi connectivity index (χ1n) is 3.83. The Hall–Kier alpha value is -0.480. The van der Waals surface area contributed by atoms with E-state index < -0.39 is 5.54 Å². The summed E-state index contributed by atoms with van der Waals surface area (Å²) >= 11 is 3.27. The van der Waals surface area contributed by atoms with Crippen LogP contribution >= 0.6 is 15.9 Å². The van der Waals surface area contributed by atoms with E-state index >= 15 is 0 Å². The fourth-order valence-corrected chi connectivity index (χ4v) is 0.970. The van der Waals surface area contributed by atoms with Gasteiger partial charge in [0.1, 0.15) is 5.82 Å². The van der Waals surface area contributed by atoms with E-state index in [9.17, 15) is 0 Å². The van der Waals surface area contributed by atoms with Crippen LogP contribution in [0.25, 0.3) is 0 Å². The Balaban J connectivity index is 2.96. The van der Waals surface area contributed by atoms with E-state index in [-0.39, 0.29) is 0 Å². The molecule has 66 valence electrons. The van der Waals surface area contributed by atoms with Crippen molar-refractivity contribution in [2.24, 2.45) is 5.73 Å². The minimum Gasteiger partial charge on any atom is -0.319 e. The molecule has 0 aliphatic rings. The largest absolute Gasteiger partial charge is 0.319 e. The lowest BCUT2D eigenvalue weighted by Gasteiger charge is -2.20. The van der Waals surface area contributed by atoms with Gasteiger partial charge in [-0.1, -0.05) is 6.92 Å². The monoisotopic (exact) mass is 229 g/mol. The van der Waals surface area contributed by atoms with Crippen molar-refractivity contribution < 1.29 is 0 Å². The second-order valence-corrected chi connectivity index (χ2v) is 3.91. The highest BCUT2D eigenvalue weighted by Crippen LogP contribution is 2.17. The Bertz CT molecular complexity index is 256. The smallest absolute Gasteiger partial charge is 0.147 e. The zero-order valence-corrected chi connectivity index (χ0v) is 8.80. The van der Waals surface area contributed by atoms with Gasteiger partial charge in [-0.05, 0) is 29.3 Å². The van der Waals surface area contributed by atoms with Crippen molar-refractivity contribution in [1.82, 2.24) is 9.97 Å². The maximum absolute atomic E-state index is 5.95. The molecule has 0 radical (unpaired) electrons. The third-order valence-corrected chi connectivity index (χ3v) is 2.28. The molecule has 2 N–H and O–H groups in total. The number of aromatic nitrogens is 2. The number of nitrogens with zero attached hydrogens (tertiary/aromatic N) is 2. The van der Waals surface area contributed by atoms with Crippen LogP contribution in [0, 0.1) is 0 Å². The molecular weight excluding hydrogens is 218 g/mol. The fraction of sp³-hybridized carbons (Fsp3) is 0.500. The zero-order chi connectivity index (χ0) is 9.19. The van der Waals surface area contributed by atoms with Crippen LogP contribution < -0.4 is 5.73 Å². The molecule has 0 saturated heterocycles. The van der Waals surface area contributed by atoms with Crippen molar-refractivity contribution in [2.75, 3.05) is 0 Å². The summed E-state index contributed by atoms with van der Waals surface area (Å²) in [7, 11) is 0. The summed E-state index contributed by atoms with van der Waals surface area (Å²) in [6, 6.07) is 0. The quantitative estimate of drug-likeness (QED) is 0.843. The predicted molar refractivity (Wildman–Crippen MR) is 51.6 cm³/mol. The molecule has 0 saturated carbocycles. The Morgan fingerprint density at radius 2 is 2.00 bits per heavy atom. The second-order valence-electron chi connectivity index (χ2n) is 3.00. The summed E-state index contributed by atoms with van der Waals surface area (Å²) in [5, 5.41) is 0. The lowest BCUT2D eigenvalue weighted by molar-refractivity contribution is 0.445. The number of hydrogen-bond acceptors (Lipinski definition) is 3. The van der Waals surface area contributed by atoms with Gasteiger partial charge in [-0.25, -0.2) is 9.97 Å². The summed E-state index contributed by atoms with van der Waals surface area (Å²) < 4.78 is 0.873. The van der Waals surface area contributed by atoms with E-state index in [4.69, 9.17) is 5.73 Å². The first-order valence-corrected chi connectivity index (χ1v) is 4.62. The highest BCUT2D eigenvalue weighted by Gasteiger charge is 2.21. The van der Waals surface area contributed by atoms with Gasteiger partial charge in [0.15, 0.2) is 0 Å². The summed E-state index contributed by atoms with van der Waals surface area (Å²) in [5.74, 6) is 0.688. The molecule has 0 bridgehead atoms. The van der Waals surface area contributed by atoms with Gasteiger partial charge in [0.05, 0.1) is 10.0 Å². The SMILES string of the molecule is CCC(C)(N)c1ncc(Br)cn1. The molecule has 12 heavy (non-hydrogen) atoms. The minimum absolute atomic E-state index is 0.416. The van der Waals surface area contributed by atoms with Gasteiger partial charge in [-0.3, -0.25) is 0 Å². The normalized spacial score (nSPS) is 15.7. The van der Waals surface area contributed by atoms with Gasteiger partial charge in [0.2, 0.25) is 0 Å². The topological polar surface area (TPSA) is 51.8 Å². The zero-order valence-electron chi connectivity index (χ0n) is 7.21. The Kier molecular flexibility index (Phi) is 2.80. The van der Waals surface area contributed by atoms with E-state index in [1.54, 1.807) is 12.4 Å². The van der Waals surface area contributed by atoms with Gasteiger partial charge in [0.25, 0.3) is 0 Å². The standard InChI is InChI=1S/C8H12BrN3/c1-3-8(2,10)7-11-4-6(9)5-12-7/h4-5H,3,10H2,1-2H3. The molecule has 1 rings (SSSR count). The van der Waals surface area contributed by atoms with E-state index in [0.29, 0.717) is 5.82 Å². The van der Waals surface area contributed by atoms with Crippen molar-refractivity contribution in [3.05, 3.63) is 22.7 Å². The van der Waals surface area contributed by atoms with Crippen LogP contribution in [0.5, 0.6) is 0 Å². The van der Waals surface area contributed by atoms with Crippen LogP contribution in [0.4, 0.5) is 0 Å². The molecule has 0 aliphatic carbocycles. The van der Waals surface area contributed by atoms with Crippen LogP contribution in [0.15, 0.2) is 16.9 Å². The molecule has 0 amide bonds. The minimum atomic E-state index is -0.416. The van der Waals surface area contributed by atoms with Crippen molar-refractivity contribution >= 4 is 15.9 Å². The Labute approximate surface area is 80.5 Å². The number of hydrogen-bond donors (Lipinski definition) is 1. The lowest BCUT2D eigenvalue weighted by Crippen LogP contribution is -2.34. The van der Waals surface area contributed by atoms with Crippen molar-refractivity contribution in [3.8, 4) is 0 Å². The van der Waals surface area contributed by atoms with Crippen LogP contribution in [-0.4, -0.2) is 9.97 Å². The number of halogens is 1. The van der Waals surface area contributed by atoms with Crippen LogP contribution in [0.3, 0.4) is 0 Å². The molecule has 3 nitrogen and oxygen atoms in total. The van der Waals surface area contributed by atoms with Gasteiger partial charge in [0, 0.05) is 12.4 Å². The molecule has 0 spiro atoms. The van der Waals surface area contributed by atoms with Gasteiger partial charge >= 0.3 is 0 Å². The molecular formula is C8H12BrN3. The molecule has 1 aromatic heterocycles. The maximum Gasteiger partial charge on any atom is 0.147 e. The highest BCUT2D eigenvalue weighted by atomic mass is 79.9. The van der Waals surface area contributed by atoms with Gasteiger partial charge in [-0.2, -0.15) is 0 Å². The van der Waals surface area contributed by atoms with Crippen LogP contribution in [-0.2, 0) is 5.54 Å². The summed E-state index contributed by atoms with van der Waals surface area (Å²) in [6.07, 6.45) is 4.25. The summed E-state index contributed by atoms with van der Waals surface area (Å²) in [6.45, 7) is 3.95. The molecule has 0 fully saturated rings. The first-order chi connectivity index (χ1) is 5.56. The number of nitrogens with two attached hydrogens (primary N) is 1. The van der Waals surface area contributed by atoms with E-state index in [1.165, 1.54) is 0 Å². The Morgan fingerprint density at radius 1 is 1.50 bits per heavy atom. The van der Waals surface area contributed by atoms with Crippen molar-refractivity contribution in [3.63, 3.8) is 0 Å². The van der Waals surface area contributed by atoms with Gasteiger partial charge < -0.3 is 5.73 Å². The average Bonchev–Trinajstić information content (AvgIpc) is 2.05. The maximum atomic E-state index is 5.95. The van der Waals surface area contributed by atoms with E-state index in [0.717, 1.165) is 10.9 Å². The van der Waals surface area contributed by atoms with Crippen LogP contribution in [0.1, 0.15) is 26.1 Å². The van der Waals surface area contributed by atoms with Crippen molar-refractivity contribution in [2.45, 2.75) is 25.8 Å². The first kappa shape index (κ1) is 9.61.